The van der Waals surface area contributed by atoms with Gasteiger partial charge in [-0.3, -0.25) is 19.7 Å². The third-order valence-corrected chi connectivity index (χ3v) is 5.71. The van der Waals surface area contributed by atoms with Crippen LogP contribution in [0.15, 0.2) is 76.7 Å². The van der Waals surface area contributed by atoms with Crippen molar-refractivity contribution < 1.29 is 24.0 Å². The zero-order chi connectivity index (χ0) is 25.9. The standard InChI is InChI=1S/C25H24N4O6S/c1-17-3-6-19(7-4-17)27-24(30)15-35-22-12-5-18(13-23(22)34-2)14-26-28-25(31)16-36-21-10-8-20(9-11-21)29(32)33/h3-14H,15-16H2,1-2H3,(H,27,30)(H,28,31)/b26-14+. The lowest BCUT2D eigenvalue weighted by atomic mass is 10.2. The van der Waals surface area contributed by atoms with Crippen LogP contribution in [0.2, 0.25) is 0 Å². The SMILES string of the molecule is COc1cc(/C=N/NC(=O)CSc2ccc([N+](=O)[O-])cc2)ccc1OCC(=O)Nc1ccc(C)cc1. The van der Waals surface area contributed by atoms with Gasteiger partial charge in [0.25, 0.3) is 11.6 Å². The molecule has 2 amide bonds. The summed E-state index contributed by atoms with van der Waals surface area (Å²) in [5.74, 6) is 0.247. The number of amides is 2. The number of benzene rings is 3. The minimum Gasteiger partial charge on any atom is -0.493 e. The van der Waals surface area contributed by atoms with E-state index < -0.39 is 4.92 Å². The highest BCUT2D eigenvalue weighted by molar-refractivity contribution is 8.00. The molecule has 3 aromatic rings. The molecule has 0 aromatic heterocycles. The second-order valence-electron chi connectivity index (χ2n) is 7.45. The van der Waals surface area contributed by atoms with Crippen molar-refractivity contribution in [2.24, 2.45) is 5.10 Å². The van der Waals surface area contributed by atoms with Gasteiger partial charge in [-0.15, -0.1) is 11.8 Å². The lowest BCUT2D eigenvalue weighted by molar-refractivity contribution is -0.384. The maximum Gasteiger partial charge on any atom is 0.269 e. The predicted octanol–water partition coefficient (Wildman–Crippen LogP) is 4.17. The summed E-state index contributed by atoms with van der Waals surface area (Å²) in [5.41, 5.74) is 4.84. The third kappa shape index (κ3) is 8.13. The molecule has 0 saturated heterocycles. The Kier molecular flexibility index (Phi) is 9.40. The smallest absolute Gasteiger partial charge is 0.269 e. The molecule has 36 heavy (non-hydrogen) atoms. The summed E-state index contributed by atoms with van der Waals surface area (Å²) in [6.45, 7) is 1.77. The highest BCUT2D eigenvalue weighted by atomic mass is 32.2. The van der Waals surface area contributed by atoms with E-state index in [1.54, 1.807) is 30.3 Å². The van der Waals surface area contributed by atoms with Gasteiger partial charge in [0.1, 0.15) is 0 Å². The lowest BCUT2D eigenvalue weighted by Crippen LogP contribution is -2.20. The summed E-state index contributed by atoms with van der Waals surface area (Å²) in [5, 5.41) is 17.4. The molecule has 0 spiro atoms. The summed E-state index contributed by atoms with van der Waals surface area (Å²) in [4.78, 5) is 35.1. The van der Waals surface area contributed by atoms with E-state index in [-0.39, 0.29) is 29.9 Å². The average Bonchev–Trinajstić information content (AvgIpc) is 2.88. The molecule has 0 aliphatic carbocycles. The van der Waals surface area contributed by atoms with Gasteiger partial charge in [-0.25, -0.2) is 5.43 Å². The number of nitrogens with zero attached hydrogens (tertiary/aromatic N) is 2. The van der Waals surface area contributed by atoms with Crippen LogP contribution in [0.25, 0.3) is 0 Å². The van der Waals surface area contributed by atoms with Crippen LogP contribution in [0.1, 0.15) is 11.1 Å². The van der Waals surface area contributed by atoms with Gasteiger partial charge in [0, 0.05) is 22.7 Å². The van der Waals surface area contributed by atoms with Gasteiger partial charge in [-0.05, 0) is 55.0 Å². The topological polar surface area (TPSA) is 132 Å². The Hall–Kier alpha value is -4.38. The van der Waals surface area contributed by atoms with Gasteiger partial charge < -0.3 is 14.8 Å². The van der Waals surface area contributed by atoms with Crippen LogP contribution in [0.3, 0.4) is 0 Å². The molecule has 0 bridgehead atoms. The fourth-order valence-corrected chi connectivity index (χ4v) is 3.58. The number of nitrogens with one attached hydrogen (secondary N) is 2. The first kappa shape index (κ1) is 26.2. The number of ether oxygens (including phenoxy) is 2. The van der Waals surface area contributed by atoms with Gasteiger partial charge in [-0.1, -0.05) is 17.7 Å². The van der Waals surface area contributed by atoms with E-state index in [2.05, 4.69) is 15.8 Å². The van der Waals surface area contributed by atoms with Gasteiger partial charge >= 0.3 is 0 Å². The molecule has 0 aliphatic rings. The van der Waals surface area contributed by atoms with Crippen LogP contribution in [-0.2, 0) is 9.59 Å². The van der Waals surface area contributed by atoms with E-state index >= 15 is 0 Å². The van der Waals surface area contributed by atoms with Crippen molar-refractivity contribution in [3.63, 3.8) is 0 Å². The maximum atomic E-state index is 12.2. The third-order valence-electron chi connectivity index (χ3n) is 4.70. The number of carbonyl (C=O) groups excluding carboxylic acids is 2. The monoisotopic (exact) mass is 508 g/mol. The van der Waals surface area contributed by atoms with E-state index in [1.165, 1.54) is 37.2 Å². The summed E-state index contributed by atoms with van der Waals surface area (Å²) < 4.78 is 10.9. The van der Waals surface area contributed by atoms with E-state index in [0.29, 0.717) is 22.7 Å². The van der Waals surface area contributed by atoms with Crippen molar-refractivity contribution in [1.82, 2.24) is 5.43 Å². The van der Waals surface area contributed by atoms with Gasteiger partial charge in [0.2, 0.25) is 5.91 Å². The summed E-state index contributed by atoms with van der Waals surface area (Å²) in [7, 11) is 1.48. The van der Waals surface area contributed by atoms with Crippen LogP contribution in [0.5, 0.6) is 11.5 Å². The van der Waals surface area contributed by atoms with Crippen molar-refractivity contribution in [2.75, 3.05) is 24.8 Å². The normalized spacial score (nSPS) is 10.6. The number of thioether (sulfide) groups is 1. The number of rotatable bonds is 11. The Morgan fingerprint density at radius 3 is 2.42 bits per heavy atom. The first-order chi connectivity index (χ1) is 17.3. The van der Waals surface area contributed by atoms with Crippen molar-refractivity contribution in [3.8, 4) is 11.5 Å². The van der Waals surface area contributed by atoms with Crippen molar-refractivity contribution in [3.05, 3.63) is 88.0 Å². The molecular formula is C25H24N4O6S. The van der Waals surface area contributed by atoms with Gasteiger partial charge in [0.05, 0.1) is 24.0 Å². The Balaban J connectivity index is 1.47. The molecule has 11 heteroatoms. The minimum atomic E-state index is -0.479. The largest absolute Gasteiger partial charge is 0.493 e. The molecular weight excluding hydrogens is 484 g/mol. The number of carbonyl (C=O) groups is 2. The van der Waals surface area contributed by atoms with Gasteiger partial charge in [0.15, 0.2) is 18.1 Å². The predicted molar refractivity (Wildman–Crippen MR) is 138 cm³/mol. The molecule has 0 aliphatic heterocycles. The number of hydrazone groups is 1. The Bertz CT molecular complexity index is 1250. The first-order valence-electron chi connectivity index (χ1n) is 10.7. The molecule has 3 aromatic carbocycles. The van der Waals surface area contributed by atoms with E-state index in [1.807, 2.05) is 31.2 Å². The summed E-state index contributed by atoms with van der Waals surface area (Å²) in [6.07, 6.45) is 1.45. The Morgan fingerprint density at radius 2 is 1.75 bits per heavy atom. The summed E-state index contributed by atoms with van der Waals surface area (Å²) >= 11 is 1.23. The number of nitro benzene ring substituents is 1. The molecule has 0 radical (unpaired) electrons. The Labute approximate surface area is 211 Å². The number of anilines is 1. The number of methoxy groups -OCH3 is 1. The van der Waals surface area contributed by atoms with Crippen LogP contribution < -0.4 is 20.2 Å². The second kappa shape index (κ2) is 12.9. The van der Waals surface area contributed by atoms with Crippen LogP contribution in [-0.4, -0.2) is 42.4 Å². The molecule has 0 atom stereocenters. The fraction of sp³-hybridized carbons (Fsp3) is 0.160. The highest BCUT2D eigenvalue weighted by Crippen LogP contribution is 2.27. The molecule has 0 saturated carbocycles. The highest BCUT2D eigenvalue weighted by Gasteiger charge is 2.09. The van der Waals surface area contributed by atoms with Crippen molar-refractivity contribution >= 4 is 41.2 Å². The van der Waals surface area contributed by atoms with E-state index in [0.717, 1.165) is 10.5 Å². The molecule has 0 heterocycles. The average molecular weight is 509 g/mol. The first-order valence-corrected chi connectivity index (χ1v) is 11.7. The van der Waals surface area contributed by atoms with Crippen LogP contribution in [0, 0.1) is 17.0 Å². The maximum absolute atomic E-state index is 12.2. The molecule has 186 valence electrons. The summed E-state index contributed by atoms with van der Waals surface area (Å²) in [6, 6.07) is 18.4. The molecule has 10 nitrogen and oxygen atoms in total. The van der Waals surface area contributed by atoms with Gasteiger partial charge in [-0.2, -0.15) is 5.10 Å². The minimum absolute atomic E-state index is 0.00855. The van der Waals surface area contributed by atoms with Crippen LogP contribution >= 0.6 is 11.8 Å². The quantitative estimate of drug-likeness (QED) is 0.172. The number of hydrogen-bond donors (Lipinski definition) is 2. The molecule has 0 fully saturated rings. The van der Waals surface area contributed by atoms with E-state index in [4.69, 9.17) is 9.47 Å². The lowest BCUT2D eigenvalue weighted by Gasteiger charge is -2.11. The molecule has 2 N–H and O–H groups in total. The van der Waals surface area contributed by atoms with Crippen LogP contribution in [0.4, 0.5) is 11.4 Å². The van der Waals surface area contributed by atoms with E-state index in [9.17, 15) is 19.7 Å². The number of nitro groups is 1. The van der Waals surface area contributed by atoms with Crippen molar-refractivity contribution in [1.29, 1.82) is 0 Å². The number of non-ortho nitro benzene ring substituents is 1. The zero-order valence-electron chi connectivity index (χ0n) is 19.6. The van der Waals surface area contributed by atoms with Crippen molar-refractivity contribution in [2.45, 2.75) is 11.8 Å². The second-order valence-corrected chi connectivity index (χ2v) is 8.49. The molecule has 3 rings (SSSR count). The number of aryl methyl sites for hydroxylation is 1. The Morgan fingerprint density at radius 1 is 1.03 bits per heavy atom. The number of hydrogen-bond acceptors (Lipinski definition) is 8. The fourth-order valence-electron chi connectivity index (χ4n) is 2.89. The molecule has 0 unspecified atom stereocenters. The zero-order valence-corrected chi connectivity index (χ0v) is 20.4.